The number of ether oxygens (including phenoxy) is 1. The second kappa shape index (κ2) is 7.10. The molecule has 0 aliphatic heterocycles. The van der Waals surface area contributed by atoms with E-state index in [1.54, 1.807) is 13.2 Å². The summed E-state index contributed by atoms with van der Waals surface area (Å²) in [5.41, 5.74) is 0.380. The Morgan fingerprint density at radius 3 is 2.47 bits per heavy atom. The van der Waals surface area contributed by atoms with E-state index >= 15 is 0 Å². The molecule has 0 radical (unpaired) electrons. The van der Waals surface area contributed by atoms with Crippen molar-refractivity contribution in [2.45, 2.75) is 18.3 Å². The molecular weight excluding hydrogens is 270 g/mol. The van der Waals surface area contributed by atoms with E-state index in [9.17, 15) is 20.0 Å². The van der Waals surface area contributed by atoms with Gasteiger partial charge in [-0.1, -0.05) is 0 Å². The molecule has 1 N–H and O–H groups in total. The standard InChI is InChI=1S/C12H15NO5S/c1-3-18-12(15)11(19-2)10(14)8-4-6-9(7-5-8)13(16)17/h4-7,10-11,14H,3H2,1-2H3/t10-,11+/m1/s1. The number of aliphatic hydroxyl groups excluding tert-OH is 1. The molecule has 0 fully saturated rings. The molecule has 1 aromatic carbocycles. The van der Waals surface area contributed by atoms with Crippen molar-refractivity contribution in [3.8, 4) is 0 Å². The number of nitrogens with zero attached hydrogens (tertiary/aromatic N) is 1. The summed E-state index contributed by atoms with van der Waals surface area (Å²) in [7, 11) is 0. The highest BCUT2D eigenvalue weighted by Gasteiger charge is 2.28. The van der Waals surface area contributed by atoms with Gasteiger partial charge in [-0.25, -0.2) is 0 Å². The number of hydrogen-bond acceptors (Lipinski definition) is 6. The maximum absolute atomic E-state index is 11.7. The van der Waals surface area contributed by atoms with Gasteiger partial charge in [0.15, 0.2) is 0 Å². The number of nitro benzene ring substituents is 1. The first kappa shape index (κ1) is 15.5. The summed E-state index contributed by atoms with van der Waals surface area (Å²) < 4.78 is 4.87. The summed E-state index contributed by atoms with van der Waals surface area (Å²) in [4.78, 5) is 21.7. The lowest BCUT2D eigenvalue weighted by molar-refractivity contribution is -0.384. The van der Waals surface area contributed by atoms with Crippen LogP contribution in [0.2, 0.25) is 0 Å². The third kappa shape index (κ3) is 3.93. The van der Waals surface area contributed by atoms with Gasteiger partial charge >= 0.3 is 5.97 Å². The Labute approximate surface area is 114 Å². The zero-order valence-electron chi connectivity index (χ0n) is 10.6. The number of thioether (sulfide) groups is 1. The van der Waals surface area contributed by atoms with Gasteiger partial charge in [-0.2, -0.15) is 0 Å². The molecule has 6 nitrogen and oxygen atoms in total. The first-order valence-electron chi connectivity index (χ1n) is 5.63. The Morgan fingerprint density at radius 1 is 1.47 bits per heavy atom. The monoisotopic (exact) mass is 285 g/mol. The molecule has 1 rings (SSSR count). The Bertz CT molecular complexity index is 448. The van der Waals surface area contributed by atoms with Crippen LogP contribution in [0.5, 0.6) is 0 Å². The summed E-state index contributed by atoms with van der Waals surface area (Å²) >= 11 is 1.17. The van der Waals surface area contributed by atoms with Gasteiger partial charge in [0.2, 0.25) is 0 Å². The van der Waals surface area contributed by atoms with Crippen LogP contribution in [0.15, 0.2) is 24.3 Å². The van der Waals surface area contributed by atoms with Crippen molar-refractivity contribution in [3.63, 3.8) is 0 Å². The molecule has 0 aliphatic rings. The molecule has 0 saturated carbocycles. The lowest BCUT2D eigenvalue weighted by atomic mass is 10.1. The number of carbonyl (C=O) groups is 1. The fourth-order valence-electron chi connectivity index (χ4n) is 1.55. The van der Waals surface area contributed by atoms with Gasteiger partial charge in [0.05, 0.1) is 11.5 Å². The number of hydrogen-bond donors (Lipinski definition) is 1. The minimum atomic E-state index is -1.06. The van der Waals surface area contributed by atoms with Gasteiger partial charge in [0.1, 0.15) is 11.4 Å². The number of nitro groups is 1. The van der Waals surface area contributed by atoms with Gasteiger partial charge in [-0.05, 0) is 30.9 Å². The van der Waals surface area contributed by atoms with Gasteiger partial charge in [-0.15, -0.1) is 11.8 Å². The zero-order valence-corrected chi connectivity index (χ0v) is 11.4. The Morgan fingerprint density at radius 2 is 2.05 bits per heavy atom. The van der Waals surface area contributed by atoms with Gasteiger partial charge < -0.3 is 9.84 Å². The highest BCUT2D eigenvalue weighted by molar-refractivity contribution is 7.99. The molecule has 0 unspecified atom stereocenters. The highest BCUT2D eigenvalue weighted by Crippen LogP contribution is 2.27. The lowest BCUT2D eigenvalue weighted by Crippen LogP contribution is -2.27. The second-order valence-corrected chi connectivity index (χ2v) is 4.68. The third-order valence-corrected chi connectivity index (χ3v) is 3.46. The smallest absolute Gasteiger partial charge is 0.322 e. The predicted octanol–water partition coefficient (Wildman–Crippen LogP) is 1.92. The van der Waals surface area contributed by atoms with E-state index in [4.69, 9.17) is 4.74 Å². The van der Waals surface area contributed by atoms with Crippen LogP contribution >= 0.6 is 11.8 Å². The van der Waals surface area contributed by atoms with E-state index in [-0.39, 0.29) is 12.3 Å². The predicted molar refractivity (Wildman–Crippen MR) is 72.0 cm³/mol. The molecular formula is C12H15NO5S. The van der Waals surface area contributed by atoms with Crippen LogP contribution in [0.4, 0.5) is 5.69 Å². The summed E-state index contributed by atoms with van der Waals surface area (Å²) in [6, 6.07) is 5.46. The van der Waals surface area contributed by atoms with E-state index < -0.39 is 22.2 Å². The average molecular weight is 285 g/mol. The van der Waals surface area contributed by atoms with Crippen LogP contribution in [0, 0.1) is 10.1 Å². The zero-order chi connectivity index (χ0) is 14.4. The Kier molecular flexibility index (Phi) is 5.78. The number of non-ortho nitro benzene ring substituents is 1. The van der Waals surface area contributed by atoms with E-state index in [1.807, 2.05) is 0 Å². The molecule has 104 valence electrons. The quantitative estimate of drug-likeness (QED) is 0.488. The Hall–Kier alpha value is -1.60. The molecule has 0 bridgehead atoms. The van der Waals surface area contributed by atoms with Crippen LogP contribution in [0.3, 0.4) is 0 Å². The third-order valence-electron chi connectivity index (χ3n) is 2.51. The number of esters is 1. The summed E-state index contributed by atoms with van der Waals surface area (Å²) in [5.74, 6) is -0.499. The maximum atomic E-state index is 11.7. The van der Waals surface area contributed by atoms with Crippen LogP contribution in [0.25, 0.3) is 0 Å². The van der Waals surface area contributed by atoms with Gasteiger partial charge in [0.25, 0.3) is 5.69 Å². The van der Waals surface area contributed by atoms with E-state index in [0.29, 0.717) is 5.56 Å². The molecule has 0 aliphatic carbocycles. The van der Waals surface area contributed by atoms with E-state index in [0.717, 1.165) is 0 Å². The van der Waals surface area contributed by atoms with Crippen molar-refractivity contribution in [2.24, 2.45) is 0 Å². The minimum Gasteiger partial charge on any atom is -0.465 e. The fraction of sp³-hybridized carbons (Fsp3) is 0.417. The summed E-state index contributed by atoms with van der Waals surface area (Å²) in [6.07, 6.45) is 0.630. The number of benzene rings is 1. The number of aliphatic hydroxyl groups is 1. The number of rotatable bonds is 6. The minimum absolute atomic E-state index is 0.0622. The largest absolute Gasteiger partial charge is 0.465 e. The molecule has 0 saturated heterocycles. The van der Waals surface area contributed by atoms with Crippen molar-refractivity contribution in [1.82, 2.24) is 0 Å². The van der Waals surface area contributed by atoms with Crippen LogP contribution in [-0.4, -0.2) is 34.1 Å². The normalized spacial score (nSPS) is 13.6. The first-order chi connectivity index (χ1) is 9.01. The number of carbonyl (C=O) groups excluding carboxylic acids is 1. The summed E-state index contributed by atoms with van der Waals surface area (Å²) in [6.45, 7) is 1.93. The molecule has 1 aromatic rings. The topological polar surface area (TPSA) is 89.7 Å². The van der Waals surface area contributed by atoms with Gasteiger partial charge in [0, 0.05) is 12.1 Å². The van der Waals surface area contributed by atoms with E-state index in [1.165, 1.54) is 36.0 Å². The van der Waals surface area contributed by atoms with Crippen molar-refractivity contribution >= 4 is 23.4 Å². The highest BCUT2D eigenvalue weighted by atomic mass is 32.2. The van der Waals surface area contributed by atoms with Crippen molar-refractivity contribution in [2.75, 3.05) is 12.9 Å². The SMILES string of the molecule is CCOC(=O)[C@@H](SC)[C@H](O)c1ccc([N+](=O)[O-])cc1. The Balaban J connectivity index is 2.88. The molecule has 0 amide bonds. The lowest BCUT2D eigenvalue weighted by Gasteiger charge is -2.19. The van der Waals surface area contributed by atoms with Crippen molar-refractivity contribution < 1.29 is 19.6 Å². The molecule has 0 aromatic heterocycles. The van der Waals surface area contributed by atoms with Crippen LogP contribution < -0.4 is 0 Å². The fourth-order valence-corrected chi connectivity index (χ4v) is 2.22. The molecule has 0 spiro atoms. The molecule has 7 heteroatoms. The molecule has 0 heterocycles. The molecule has 2 atom stereocenters. The first-order valence-corrected chi connectivity index (χ1v) is 6.91. The van der Waals surface area contributed by atoms with Crippen molar-refractivity contribution in [3.05, 3.63) is 39.9 Å². The average Bonchev–Trinajstić information content (AvgIpc) is 2.39. The molecule has 19 heavy (non-hydrogen) atoms. The second-order valence-electron chi connectivity index (χ2n) is 3.70. The van der Waals surface area contributed by atoms with Crippen molar-refractivity contribution in [1.29, 1.82) is 0 Å². The van der Waals surface area contributed by atoms with Crippen LogP contribution in [-0.2, 0) is 9.53 Å². The maximum Gasteiger partial charge on any atom is 0.322 e. The van der Waals surface area contributed by atoms with E-state index in [2.05, 4.69) is 0 Å². The van der Waals surface area contributed by atoms with Crippen LogP contribution in [0.1, 0.15) is 18.6 Å². The summed E-state index contributed by atoms with van der Waals surface area (Å²) in [5, 5.41) is 19.9. The van der Waals surface area contributed by atoms with Gasteiger partial charge in [-0.3, -0.25) is 14.9 Å².